The monoisotopic (exact) mass is 521 g/mol. The van der Waals surface area contributed by atoms with Gasteiger partial charge in [-0.05, 0) is 77.5 Å². The van der Waals surface area contributed by atoms with E-state index in [1.165, 1.54) is 5.56 Å². The van der Waals surface area contributed by atoms with Gasteiger partial charge in [0.1, 0.15) is 17.2 Å². The summed E-state index contributed by atoms with van der Waals surface area (Å²) in [6, 6.07) is 8.05. The van der Waals surface area contributed by atoms with Crippen LogP contribution in [0.15, 0.2) is 24.3 Å². The zero-order valence-corrected chi connectivity index (χ0v) is 25.9. The summed E-state index contributed by atoms with van der Waals surface area (Å²) in [5.74, 6) is 3.76. The first-order valence-electron chi connectivity index (χ1n) is 13.4. The van der Waals surface area contributed by atoms with Gasteiger partial charge in [0.15, 0.2) is 5.52 Å². The van der Waals surface area contributed by atoms with Crippen LogP contribution in [0.3, 0.4) is 0 Å². The number of carbonyl (C=O) groups excluding carboxylic acids is 1. The van der Waals surface area contributed by atoms with Crippen LogP contribution in [0.2, 0.25) is 0 Å². The van der Waals surface area contributed by atoms with E-state index in [9.17, 15) is 4.79 Å². The van der Waals surface area contributed by atoms with Crippen molar-refractivity contribution < 1.29 is 19.0 Å². The van der Waals surface area contributed by atoms with Crippen LogP contribution >= 0.6 is 8.58 Å². The van der Waals surface area contributed by atoms with Crippen molar-refractivity contribution in [2.24, 2.45) is 17.8 Å². The maximum absolute atomic E-state index is 13.6. The van der Waals surface area contributed by atoms with Gasteiger partial charge in [0, 0.05) is 36.6 Å². The number of aryl methyl sites for hydroxylation is 3. The zero-order valence-electron chi connectivity index (χ0n) is 24.9. The molecule has 2 aromatic carbocycles. The Morgan fingerprint density at radius 1 is 0.703 bits per heavy atom. The Bertz CT molecular complexity index is 943. The predicted octanol–water partition coefficient (Wildman–Crippen LogP) is 7.65. The largest absolute Gasteiger partial charge is 0.493 e. The second kappa shape index (κ2) is 16.5. The molecule has 201 valence electrons. The molecule has 0 spiro atoms. The summed E-state index contributed by atoms with van der Waals surface area (Å²) in [6.45, 7) is 21.0. The van der Waals surface area contributed by atoms with E-state index in [-0.39, 0.29) is 33.0 Å². The molecule has 0 bridgehead atoms. The molecular formula is C31H47LiO4P. The third-order valence-corrected chi connectivity index (χ3v) is 7.27. The van der Waals surface area contributed by atoms with Crippen LogP contribution in [-0.4, -0.2) is 44.2 Å². The molecule has 0 fully saturated rings. The van der Waals surface area contributed by atoms with E-state index in [0.717, 1.165) is 47.0 Å². The molecule has 1 atom stereocenters. The molecule has 0 aliphatic carbocycles. The van der Waals surface area contributed by atoms with E-state index in [1.54, 1.807) is 0 Å². The maximum Gasteiger partial charge on any atom is 0.186 e. The standard InChI is InChI=1S/C31H47O4P.Li/c1-20(2)10-13-33-26-18-27(34-14-11-21(3)4)30(28(19-26)35-15-12-22(5)6)36-31(32)29-24(8)16-23(7)17-25(29)9;/h16-22,36H,10-15H2,1-9H3;. The summed E-state index contributed by atoms with van der Waals surface area (Å²) >= 11 is 0. The van der Waals surface area contributed by atoms with Gasteiger partial charge in [0.05, 0.1) is 25.1 Å². The van der Waals surface area contributed by atoms with Crippen molar-refractivity contribution in [2.45, 2.75) is 81.6 Å². The molecule has 2 rings (SSSR count). The first-order chi connectivity index (χ1) is 17.0. The summed E-state index contributed by atoms with van der Waals surface area (Å²) in [5, 5.41) is 0.836. The summed E-state index contributed by atoms with van der Waals surface area (Å²) in [5.41, 5.74) is 4.12. The molecule has 0 saturated heterocycles. The minimum absolute atomic E-state index is 0. The number of rotatable bonds is 15. The van der Waals surface area contributed by atoms with Gasteiger partial charge in [0.25, 0.3) is 0 Å². The van der Waals surface area contributed by atoms with Crippen LogP contribution in [0.1, 0.15) is 87.9 Å². The first-order valence-corrected chi connectivity index (χ1v) is 14.4. The molecule has 2 aromatic rings. The van der Waals surface area contributed by atoms with E-state index < -0.39 is 0 Å². The van der Waals surface area contributed by atoms with Gasteiger partial charge >= 0.3 is 0 Å². The van der Waals surface area contributed by atoms with Gasteiger partial charge in [-0.2, -0.15) is 0 Å². The van der Waals surface area contributed by atoms with Crippen molar-refractivity contribution >= 4 is 38.3 Å². The molecule has 0 heterocycles. The van der Waals surface area contributed by atoms with Crippen molar-refractivity contribution in [3.63, 3.8) is 0 Å². The fourth-order valence-corrected chi connectivity index (χ4v) is 5.22. The molecule has 1 radical (unpaired) electrons. The minimum Gasteiger partial charge on any atom is -0.493 e. The molecule has 4 nitrogen and oxygen atoms in total. The zero-order chi connectivity index (χ0) is 26.8. The molecule has 0 aliphatic rings. The molecule has 37 heavy (non-hydrogen) atoms. The van der Waals surface area contributed by atoms with E-state index in [4.69, 9.17) is 14.2 Å². The summed E-state index contributed by atoms with van der Waals surface area (Å²) in [4.78, 5) is 13.6. The van der Waals surface area contributed by atoms with E-state index in [2.05, 4.69) is 60.6 Å². The van der Waals surface area contributed by atoms with Crippen LogP contribution in [0, 0.1) is 38.5 Å². The van der Waals surface area contributed by atoms with Crippen LogP contribution in [0.25, 0.3) is 0 Å². The van der Waals surface area contributed by atoms with Crippen molar-refractivity contribution in [3.05, 3.63) is 46.5 Å². The number of carbonyl (C=O) groups is 1. The average molecular weight is 522 g/mol. The van der Waals surface area contributed by atoms with Gasteiger partial charge in [-0.1, -0.05) is 59.2 Å². The Morgan fingerprint density at radius 3 is 1.51 bits per heavy atom. The summed E-state index contributed by atoms with van der Waals surface area (Å²) in [7, 11) is -0.0953. The number of hydrogen-bond donors (Lipinski definition) is 0. The van der Waals surface area contributed by atoms with Gasteiger partial charge in [-0.3, -0.25) is 4.79 Å². The average Bonchev–Trinajstić information content (AvgIpc) is 2.74. The van der Waals surface area contributed by atoms with Gasteiger partial charge in [-0.25, -0.2) is 0 Å². The van der Waals surface area contributed by atoms with Gasteiger partial charge < -0.3 is 14.2 Å². The molecule has 0 aromatic heterocycles. The maximum atomic E-state index is 13.6. The molecule has 0 saturated carbocycles. The second-order valence-corrected chi connectivity index (χ2v) is 12.3. The Kier molecular flexibility index (Phi) is 15.0. The topological polar surface area (TPSA) is 44.8 Å². The minimum atomic E-state index is -0.0953. The number of hydrogen-bond acceptors (Lipinski definition) is 4. The quantitative estimate of drug-likeness (QED) is 0.178. The fraction of sp³-hybridized carbons (Fsp3) is 0.581. The molecular weight excluding hydrogens is 474 g/mol. The normalized spacial score (nSPS) is 11.5. The third-order valence-electron chi connectivity index (χ3n) is 6.05. The summed E-state index contributed by atoms with van der Waals surface area (Å²) < 4.78 is 18.7. The van der Waals surface area contributed by atoms with Crippen LogP contribution < -0.4 is 19.5 Å². The van der Waals surface area contributed by atoms with Crippen LogP contribution in [0.4, 0.5) is 0 Å². The number of benzene rings is 2. The molecule has 1 unspecified atom stereocenters. The second-order valence-electron chi connectivity index (χ2n) is 11.1. The molecule has 0 amide bonds. The Hall–Kier alpha value is -1.46. The Labute approximate surface area is 239 Å². The van der Waals surface area contributed by atoms with Crippen LogP contribution in [0.5, 0.6) is 17.2 Å². The van der Waals surface area contributed by atoms with Crippen molar-refractivity contribution in [2.75, 3.05) is 19.8 Å². The van der Waals surface area contributed by atoms with Crippen molar-refractivity contribution in [3.8, 4) is 17.2 Å². The van der Waals surface area contributed by atoms with Crippen LogP contribution in [-0.2, 0) is 0 Å². The smallest absolute Gasteiger partial charge is 0.186 e. The Balaban J connectivity index is 0.00000684. The molecule has 0 N–H and O–H groups in total. The SMILES string of the molecule is Cc1cc(C)c(C(=O)Pc2c(OCCC(C)C)cc(OCCC(C)C)cc2OCCC(C)C)c(C)c1.[Li]. The van der Waals surface area contributed by atoms with E-state index >= 15 is 0 Å². The fourth-order valence-electron chi connectivity index (χ4n) is 3.94. The van der Waals surface area contributed by atoms with Crippen molar-refractivity contribution in [1.82, 2.24) is 0 Å². The van der Waals surface area contributed by atoms with E-state index in [1.807, 2.05) is 26.0 Å². The van der Waals surface area contributed by atoms with Gasteiger partial charge in [0.2, 0.25) is 0 Å². The van der Waals surface area contributed by atoms with Crippen molar-refractivity contribution in [1.29, 1.82) is 0 Å². The predicted molar refractivity (Wildman–Crippen MR) is 160 cm³/mol. The third kappa shape index (κ3) is 11.4. The molecule has 6 heteroatoms. The first kappa shape index (κ1) is 33.6. The van der Waals surface area contributed by atoms with E-state index in [0.29, 0.717) is 49.1 Å². The summed E-state index contributed by atoms with van der Waals surface area (Å²) in [6.07, 6.45) is 2.85. The van der Waals surface area contributed by atoms with Gasteiger partial charge in [-0.15, -0.1) is 0 Å². The number of ether oxygens (including phenoxy) is 3. The molecule has 0 aliphatic heterocycles. The Morgan fingerprint density at radius 2 is 1.11 bits per heavy atom.